The molecule has 2 heterocycles. The fraction of sp³-hybridized carbons (Fsp3) is 0.0417. The minimum absolute atomic E-state index is 0.135. The molecule has 0 saturated carbocycles. The average molecular weight is 488 g/mol. The second-order valence-electron chi connectivity index (χ2n) is 7.62. The van der Waals surface area contributed by atoms with Crippen molar-refractivity contribution in [2.75, 3.05) is 0 Å². The molecule has 1 aliphatic heterocycles. The van der Waals surface area contributed by atoms with E-state index < -0.39 is 28.2 Å². The van der Waals surface area contributed by atoms with Crippen molar-refractivity contribution in [3.63, 3.8) is 0 Å². The van der Waals surface area contributed by atoms with Gasteiger partial charge in [0.15, 0.2) is 5.82 Å². The maximum absolute atomic E-state index is 13.4. The Bertz CT molecular complexity index is 1490. The fourth-order valence-electron chi connectivity index (χ4n) is 3.95. The number of ketones is 1. The van der Waals surface area contributed by atoms with Crippen LogP contribution in [0.3, 0.4) is 0 Å². The number of carbonyl (C=O) groups is 3. The third-order valence-electron chi connectivity index (χ3n) is 5.61. The zero-order valence-corrected chi connectivity index (χ0v) is 18.5. The highest BCUT2D eigenvalue weighted by Crippen LogP contribution is 2.30. The molecular formula is C24H14ClN5O5. The van der Waals surface area contributed by atoms with E-state index in [1.54, 1.807) is 24.3 Å². The van der Waals surface area contributed by atoms with Crippen LogP contribution in [0.25, 0.3) is 5.69 Å². The van der Waals surface area contributed by atoms with Gasteiger partial charge in [0.1, 0.15) is 11.9 Å². The lowest BCUT2D eigenvalue weighted by Crippen LogP contribution is -2.30. The summed E-state index contributed by atoms with van der Waals surface area (Å²) in [5.41, 5.74) is 0.275. The van der Waals surface area contributed by atoms with Gasteiger partial charge in [-0.25, -0.2) is 0 Å². The van der Waals surface area contributed by atoms with Crippen LogP contribution in [0.4, 0.5) is 5.69 Å². The van der Waals surface area contributed by atoms with Crippen molar-refractivity contribution < 1.29 is 19.3 Å². The lowest BCUT2D eigenvalue weighted by atomic mass is 9.99. The predicted octanol–water partition coefficient (Wildman–Crippen LogP) is 3.86. The Balaban J connectivity index is 1.58. The smallest absolute Gasteiger partial charge is 0.282 e. The molecular weight excluding hydrogens is 474 g/mol. The van der Waals surface area contributed by atoms with Crippen LogP contribution < -0.4 is 0 Å². The van der Waals surface area contributed by atoms with Crippen LogP contribution in [0.2, 0.25) is 5.02 Å². The molecule has 5 rings (SSSR count). The molecule has 11 heteroatoms. The molecule has 10 nitrogen and oxygen atoms in total. The van der Waals surface area contributed by atoms with Gasteiger partial charge >= 0.3 is 0 Å². The molecule has 35 heavy (non-hydrogen) atoms. The minimum Gasteiger partial charge on any atom is -0.288 e. The molecule has 0 unspecified atom stereocenters. The second-order valence-corrected chi connectivity index (χ2v) is 8.06. The van der Waals surface area contributed by atoms with Gasteiger partial charge in [-0.05, 0) is 42.5 Å². The molecule has 0 saturated heterocycles. The summed E-state index contributed by atoms with van der Waals surface area (Å²) in [4.78, 5) is 51.2. The fourth-order valence-corrected chi connectivity index (χ4v) is 4.08. The molecule has 0 fully saturated rings. The van der Waals surface area contributed by atoms with Crippen molar-refractivity contribution in [3.05, 3.63) is 116 Å². The van der Waals surface area contributed by atoms with E-state index in [4.69, 9.17) is 11.6 Å². The Morgan fingerprint density at radius 3 is 2.23 bits per heavy atom. The summed E-state index contributed by atoms with van der Waals surface area (Å²) in [6.07, 6.45) is 1.27. The quantitative estimate of drug-likeness (QED) is 0.175. The van der Waals surface area contributed by atoms with Gasteiger partial charge < -0.3 is 0 Å². The number of nitro groups is 1. The first-order chi connectivity index (χ1) is 16.9. The summed E-state index contributed by atoms with van der Waals surface area (Å²) in [5.74, 6) is -1.44. The molecule has 1 aliphatic rings. The SMILES string of the molecule is O=C(c1ccc(Cl)cc1)c1c(-n2cnnc2CN2C(=O)c3ccccc3C2=O)cccc1[N+](=O)[O-]. The van der Waals surface area contributed by atoms with E-state index >= 15 is 0 Å². The number of halogens is 1. The van der Waals surface area contributed by atoms with E-state index in [2.05, 4.69) is 10.2 Å². The molecule has 0 radical (unpaired) electrons. The molecule has 3 aromatic carbocycles. The van der Waals surface area contributed by atoms with Crippen LogP contribution in [0.15, 0.2) is 73.1 Å². The van der Waals surface area contributed by atoms with E-state index in [1.807, 2.05) is 0 Å². The van der Waals surface area contributed by atoms with Crippen LogP contribution in [-0.2, 0) is 6.54 Å². The molecule has 0 bridgehead atoms. The van der Waals surface area contributed by atoms with E-state index in [0.717, 1.165) is 4.90 Å². The maximum Gasteiger partial charge on any atom is 0.282 e. The average Bonchev–Trinajstić information content (AvgIpc) is 3.42. The van der Waals surface area contributed by atoms with Crippen LogP contribution in [0, 0.1) is 10.1 Å². The van der Waals surface area contributed by atoms with Crippen LogP contribution in [0.1, 0.15) is 42.5 Å². The molecule has 4 aromatic rings. The zero-order valence-electron chi connectivity index (χ0n) is 17.8. The first-order valence-corrected chi connectivity index (χ1v) is 10.7. The van der Waals surface area contributed by atoms with Crippen molar-refractivity contribution in [1.82, 2.24) is 19.7 Å². The summed E-state index contributed by atoms with van der Waals surface area (Å²) in [7, 11) is 0. The minimum atomic E-state index is -0.652. The Morgan fingerprint density at radius 1 is 0.943 bits per heavy atom. The number of imide groups is 1. The van der Waals surface area contributed by atoms with Crippen molar-refractivity contribution in [3.8, 4) is 5.69 Å². The zero-order chi connectivity index (χ0) is 24.7. The number of aromatic nitrogens is 3. The number of hydrogen-bond donors (Lipinski definition) is 0. The summed E-state index contributed by atoms with van der Waals surface area (Å²) < 4.78 is 1.36. The van der Waals surface area contributed by atoms with E-state index in [0.29, 0.717) is 5.02 Å². The van der Waals surface area contributed by atoms with Crippen LogP contribution >= 0.6 is 11.6 Å². The number of nitro benzene ring substituents is 1. The lowest BCUT2D eigenvalue weighted by Gasteiger charge is -2.16. The van der Waals surface area contributed by atoms with Crippen molar-refractivity contribution >= 4 is 34.9 Å². The second kappa shape index (κ2) is 8.58. The topological polar surface area (TPSA) is 128 Å². The molecule has 0 atom stereocenters. The monoisotopic (exact) mass is 487 g/mol. The Kier molecular flexibility index (Phi) is 5.42. The van der Waals surface area contributed by atoms with E-state index in [9.17, 15) is 24.5 Å². The molecule has 0 N–H and O–H groups in total. The Morgan fingerprint density at radius 2 is 1.60 bits per heavy atom. The van der Waals surface area contributed by atoms with Crippen molar-refractivity contribution in [2.24, 2.45) is 0 Å². The number of nitrogens with zero attached hydrogens (tertiary/aromatic N) is 5. The van der Waals surface area contributed by atoms with Gasteiger partial charge in [-0.15, -0.1) is 10.2 Å². The molecule has 0 spiro atoms. The van der Waals surface area contributed by atoms with Gasteiger partial charge in [-0.3, -0.25) is 34.0 Å². The standard InChI is InChI=1S/C24H14ClN5O5/c25-15-10-8-14(9-11-15)22(31)21-18(6-3-7-19(21)30(34)35)29-13-26-27-20(29)12-28-23(32)16-4-1-2-5-17(16)24(28)33/h1-11,13H,12H2. The number of fused-ring (bicyclic) bond motifs is 1. The summed E-state index contributed by atoms with van der Waals surface area (Å²) in [6.45, 7) is -0.246. The highest BCUT2D eigenvalue weighted by Gasteiger charge is 2.36. The predicted molar refractivity (Wildman–Crippen MR) is 124 cm³/mol. The van der Waals surface area contributed by atoms with Crippen molar-refractivity contribution in [2.45, 2.75) is 6.54 Å². The maximum atomic E-state index is 13.4. The van der Waals surface area contributed by atoms with Gasteiger partial charge in [0, 0.05) is 16.7 Å². The first-order valence-electron chi connectivity index (χ1n) is 10.3. The van der Waals surface area contributed by atoms with E-state index in [-0.39, 0.29) is 40.3 Å². The highest BCUT2D eigenvalue weighted by atomic mass is 35.5. The van der Waals surface area contributed by atoms with Crippen LogP contribution in [-0.4, -0.2) is 42.2 Å². The molecule has 172 valence electrons. The molecule has 2 amide bonds. The normalized spacial score (nSPS) is 12.7. The third-order valence-corrected chi connectivity index (χ3v) is 5.86. The number of carbonyl (C=O) groups excluding carboxylic acids is 3. The molecule has 0 aliphatic carbocycles. The Labute approximate surface area is 202 Å². The van der Waals surface area contributed by atoms with Crippen molar-refractivity contribution in [1.29, 1.82) is 0 Å². The summed E-state index contributed by atoms with van der Waals surface area (Å²) in [5, 5.41) is 20.1. The lowest BCUT2D eigenvalue weighted by molar-refractivity contribution is -0.385. The number of amides is 2. The summed E-state index contributed by atoms with van der Waals surface area (Å²) >= 11 is 5.92. The van der Waals surface area contributed by atoms with E-state index in [1.165, 1.54) is 53.4 Å². The number of benzene rings is 3. The van der Waals surface area contributed by atoms with Gasteiger partial charge in [0.05, 0.1) is 28.3 Å². The molecule has 1 aromatic heterocycles. The van der Waals surface area contributed by atoms with Crippen LogP contribution in [0.5, 0.6) is 0 Å². The summed E-state index contributed by atoms with van der Waals surface area (Å²) in [6, 6.07) is 16.6. The highest BCUT2D eigenvalue weighted by molar-refractivity contribution is 6.30. The first kappa shape index (κ1) is 22.1. The number of rotatable bonds is 6. The van der Waals surface area contributed by atoms with Gasteiger partial charge in [0.2, 0.25) is 5.78 Å². The third kappa shape index (κ3) is 3.75. The van der Waals surface area contributed by atoms with Gasteiger partial charge in [-0.1, -0.05) is 29.8 Å². The van der Waals surface area contributed by atoms with Gasteiger partial charge in [0.25, 0.3) is 17.5 Å². The largest absolute Gasteiger partial charge is 0.288 e. The Hall–Kier alpha value is -4.70. The number of hydrogen-bond acceptors (Lipinski definition) is 7. The van der Waals surface area contributed by atoms with Gasteiger partial charge in [-0.2, -0.15) is 0 Å².